The summed E-state index contributed by atoms with van der Waals surface area (Å²) < 4.78 is 0. The summed E-state index contributed by atoms with van der Waals surface area (Å²) in [5.41, 5.74) is 1.08. The molecule has 0 amide bonds. The SMILES string of the molecule is CN=c1c[c-][nH]c(C)c1.[W]. The minimum atomic E-state index is 0. The van der Waals surface area contributed by atoms with E-state index in [2.05, 4.69) is 16.2 Å². The van der Waals surface area contributed by atoms with Crippen LogP contribution >= 0.6 is 0 Å². The Labute approximate surface area is 74.7 Å². The Morgan fingerprint density at radius 1 is 1.60 bits per heavy atom. The van der Waals surface area contributed by atoms with Gasteiger partial charge in [0.15, 0.2) is 0 Å². The maximum absolute atomic E-state index is 3.98. The number of rotatable bonds is 0. The van der Waals surface area contributed by atoms with Crippen molar-refractivity contribution in [2.45, 2.75) is 6.92 Å². The molecule has 0 fully saturated rings. The average molecular weight is 305 g/mol. The quantitative estimate of drug-likeness (QED) is 0.682. The van der Waals surface area contributed by atoms with Gasteiger partial charge in [0.2, 0.25) is 0 Å². The second-order valence-corrected chi connectivity index (χ2v) is 1.89. The first kappa shape index (κ1) is 9.64. The zero-order valence-electron chi connectivity index (χ0n) is 6.01. The van der Waals surface area contributed by atoms with Crippen LogP contribution in [0.4, 0.5) is 0 Å². The van der Waals surface area contributed by atoms with E-state index in [0.29, 0.717) is 0 Å². The fourth-order valence-electron chi connectivity index (χ4n) is 0.653. The summed E-state index contributed by atoms with van der Waals surface area (Å²) >= 11 is 0. The van der Waals surface area contributed by atoms with Gasteiger partial charge in [0.25, 0.3) is 0 Å². The van der Waals surface area contributed by atoms with Crippen LogP contribution in [-0.2, 0) is 21.1 Å². The predicted molar refractivity (Wildman–Crippen MR) is 35.9 cm³/mol. The van der Waals surface area contributed by atoms with Gasteiger partial charge in [-0.1, -0.05) is 18.0 Å². The number of pyridine rings is 1. The minimum absolute atomic E-state index is 0. The molecule has 1 rings (SSSR count). The largest absolute Gasteiger partial charge is 0.472 e. The maximum atomic E-state index is 3.98. The van der Waals surface area contributed by atoms with Crippen LogP contribution in [0.1, 0.15) is 5.69 Å². The zero-order chi connectivity index (χ0) is 6.69. The predicted octanol–water partition coefficient (Wildman–Crippen LogP) is 0.651. The molecule has 0 aromatic carbocycles. The molecule has 0 radical (unpaired) electrons. The number of hydrogen-bond donors (Lipinski definition) is 1. The minimum Gasteiger partial charge on any atom is -0.472 e. The number of aryl methyl sites for hydroxylation is 1. The second kappa shape index (κ2) is 4.45. The molecule has 1 N–H and O–H groups in total. The Hall–Kier alpha value is -0.362. The molecule has 0 spiro atoms. The van der Waals surface area contributed by atoms with Crippen LogP contribution < -0.4 is 5.36 Å². The van der Waals surface area contributed by atoms with Gasteiger partial charge in [-0.25, -0.2) is 0 Å². The zero-order valence-corrected chi connectivity index (χ0v) is 8.94. The molecule has 0 aliphatic carbocycles. The van der Waals surface area contributed by atoms with E-state index in [4.69, 9.17) is 0 Å². The van der Waals surface area contributed by atoms with Crippen molar-refractivity contribution >= 4 is 0 Å². The first-order valence-electron chi connectivity index (χ1n) is 2.83. The third kappa shape index (κ3) is 2.49. The fraction of sp³-hybridized carbons (Fsp3) is 0.286. The molecule has 1 aromatic rings. The van der Waals surface area contributed by atoms with Crippen LogP contribution in [0.5, 0.6) is 0 Å². The van der Waals surface area contributed by atoms with E-state index < -0.39 is 0 Å². The first-order chi connectivity index (χ1) is 4.33. The van der Waals surface area contributed by atoms with E-state index in [1.54, 1.807) is 7.05 Å². The molecule has 2 nitrogen and oxygen atoms in total. The van der Waals surface area contributed by atoms with Crippen molar-refractivity contribution in [2.75, 3.05) is 7.05 Å². The van der Waals surface area contributed by atoms with Gasteiger partial charge in [-0.05, 0) is 0 Å². The molecule has 54 valence electrons. The molecule has 0 unspecified atom stereocenters. The number of H-pyrrole nitrogens is 1. The van der Waals surface area contributed by atoms with Gasteiger partial charge in [-0.3, -0.25) is 0 Å². The molecule has 0 saturated heterocycles. The summed E-state index contributed by atoms with van der Waals surface area (Å²) in [6.07, 6.45) is 2.86. The van der Waals surface area contributed by atoms with Gasteiger partial charge in [0.05, 0.1) is 0 Å². The van der Waals surface area contributed by atoms with Crippen molar-refractivity contribution in [1.82, 2.24) is 4.98 Å². The van der Waals surface area contributed by atoms with Crippen molar-refractivity contribution in [3.63, 3.8) is 0 Å². The van der Waals surface area contributed by atoms with Crippen molar-refractivity contribution in [3.05, 3.63) is 29.4 Å². The monoisotopic (exact) mass is 305 g/mol. The third-order valence-corrected chi connectivity index (χ3v) is 1.11. The summed E-state index contributed by atoms with van der Waals surface area (Å²) in [7, 11) is 1.77. The molecule has 0 atom stereocenters. The number of nitrogens with zero attached hydrogens (tertiary/aromatic N) is 1. The topological polar surface area (TPSA) is 28.1 Å². The maximum Gasteiger partial charge on any atom is 0.0141 e. The van der Waals surface area contributed by atoms with Gasteiger partial charge < -0.3 is 9.98 Å². The van der Waals surface area contributed by atoms with Crippen LogP contribution in [0.2, 0.25) is 0 Å². The molecule has 1 heterocycles. The Morgan fingerprint density at radius 3 is 2.70 bits per heavy atom. The van der Waals surface area contributed by atoms with E-state index in [9.17, 15) is 0 Å². The Kier molecular flexibility index (Phi) is 4.29. The second-order valence-electron chi connectivity index (χ2n) is 1.89. The number of nitrogens with one attached hydrogen (secondary N) is 1. The van der Waals surface area contributed by atoms with Gasteiger partial charge >= 0.3 is 0 Å². The van der Waals surface area contributed by atoms with Crippen LogP contribution in [0.25, 0.3) is 0 Å². The molecule has 0 aliphatic rings. The van der Waals surface area contributed by atoms with Crippen molar-refractivity contribution in [2.24, 2.45) is 4.99 Å². The summed E-state index contributed by atoms with van der Waals surface area (Å²) in [4.78, 5) is 6.90. The smallest absolute Gasteiger partial charge is 0.0141 e. The van der Waals surface area contributed by atoms with Gasteiger partial charge in [-0.2, -0.15) is 0 Å². The molecular weight excluding hydrogens is 296 g/mol. The van der Waals surface area contributed by atoms with E-state index in [1.807, 2.05) is 19.1 Å². The van der Waals surface area contributed by atoms with Crippen LogP contribution in [0, 0.1) is 13.1 Å². The van der Waals surface area contributed by atoms with Crippen molar-refractivity contribution in [3.8, 4) is 0 Å². The number of aromatic nitrogens is 1. The van der Waals surface area contributed by atoms with Crippen LogP contribution in [0.15, 0.2) is 17.1 Å². The van der Waals surface area contributed by atoms with Gasteiger partial charge in [0.1, 0.15) is 0 Å². The molecule has 10 heavy (non-hydrogen) atoms. The average Bonchev–Trinajstić information content (AvgIpc) is 1.88. The Bertz CT molecular complexity index is 252. The Morgan fingerprint density at radius 2 is 2.30 bits per heavy atom. The van der Waals surface area contributed by atoms with Crippen LogP contribution in [-0.4, -0.2) is 12.0 Å². The molecule has 1 aromatic heterocycles. The van der Waals surface area contributed by atoms with Crippen LogP contribution in [0.3, 0.4) is 0 Å². The van der Waals surface area contributed by atoms with Gasteiger partial charge in [0, 0.05) is 28.1 Å². The fourth-order valence-corrected chi connectivity index (χ4v) is 0.653. The standard InChI is InChI=1S/C7H9N2.W/c1-6-5-7(8-2)3-4-9-6;/h3,5H,1-2H3,(H,8,9);/q-1;. The summed E-state index contributed by atoms with van der Waals surface area (Å²) in [6, 6.07) is 3.78. The third-order valence-electron chi connectivity index (χ3n) is 1.11. The van der Waals surface area contributed by atoms with Gasteiger partial charge in [-0.15, -0.1) is 18.3 Å². The van der Waals surface area contributed by atoms with Crippen molar-refractivity contribution < 1.29 is 21.1 Å². The van der Waals surface area contributed by atoms with E-state index in [0.717, 1.165) is 11.1 Å². The molecule has 0 saturated carbocycles. The normalized spacial score (nSPS) is 10.8. The molecule has 0 bridgehead atoms. The molecular formula is C7H9N2W-. The number of hydrogen-bond acceptors (Lipinski definition) is 1. The Balaban J connectivity index is 0.000000810. The summed E-state index contributed by atoms with van der Waals surface area (Å²) in [5, 5.41) is 0.964. The summed E-state index contributed by atoms with van der Waals surface area (Å²) in [5.74, 6) is 0. The molecule has 3 heteroatoms. The van der Waals surface area contributed by atoms with E-state index in [1.165, 1.54) is 0 Å². The van der Waals surface area contributed by atoms with E-state index >= 15 is 0 Å². The number of aromatic amines is 1. The van der Waals surface area contributed by atoms with E-state index in [-0.39, 0.29) is 21.1 Å². The van der Waals surface area contributed by atoms with Crippen molar-refractivity contribution in [1.29, 1.82) is 0 Å². The molecule has 0 aliphatic heterocycles. The first-order valence-corrected chi connectivity index (χ1v) is 2.83. The summed E-state index contributed by atoms with van der Waals surface area (Å²) in [6.45, 7) is 1.98.